The summed E-state index contributed by atoms with van der Waals surface area (Å²) < 4.78 is 1.67. The third-order valence-corrected chi connectivity index (χ3v) is 2.56. The number of aromatic nitrogens is 3. The van der Waals surface area contributed by atoms with Crippen molar-refractivity contribution in [3.8, 4) is 0 Å². The maximum atomic E-state index is 9.79. The van der Waals surface area contributed by atoms with E-state index in [9.17, 15) is 5.11 Å². The standard InChI is InChI=1S/C8H9N3OS/c1-11-3-2-6(10-11)8(12)7-4-9-5-13-7/h2-5,8,12H,1H3. The number of thiazole rings is 1. The Kier molecular flexibility index (Phi) is 2.12. The molecule has 5 heteroatoms. The first-order valence-electron chi connectivity index (χ1n) is 3.83. The summed E-state index contributed by atoms with van der Waals surface area (Å²) in [5.41, 5.74) is 2.35. The molecule has 0 saturated carbocycles. The molecule has 0 amide bonds. The van der Waals surface area contributed by atoms with Gasteiger partial charge < -0.3 is 5.11 Å². The monoisotopic (exact) mass is 195 g/mol. The second-order valence-corrected chi connectivity index (χ2v) is 3.64. The van der Waals surface area contributed by atoms with Gasteiger partial charge in [-0.1, -0.05) is 0 Å². The van der Waals surface area contributed by atoms with Gasteiger partial charge in [-0.05, 0) is 6.07 Å². The SMILES string of the molecule is Cn1ccc(C(O)c2cncs2)n1. The van der Waals surface area contributed by atoms with Gasteiger partial charge >= 0.3 is 0 Å². The van der Waals surface area contributed by atoms with Crippen LogP contribution in [0.15, 0.2) is 24.0 Å². The van der Waals surface area contributed by atoms with Crippen LogP contribution in [0.5, 0.6) is 0 Å². The van der Waals surface area contributed by atoms with Gasteiger partial charge in [-0.15, -0.1) is 11.3 Å². The van der Waals surface area contributed by atoms with Gasteiger partial charge in [-0.25, -0.2) is 0 Å². The Morgan fingerprint density at radius 3 is 3.00 bits per heavy atom. The van der Waals surface area contributed by atoms with Crippen molar-refractivity contribution < 1.29 is 5.11 Å². The number of hydrogen-bond acceptors (Lipinski definition) is 4. The fraction of sp³-hybridized carbons (Fsp3) is 0.250. The summed E-state index contributed by atoms with van der Waals surface area (Å²) in [5.74, 6) is 0. The highest BCUT2D eigenvalue weighted by molar-refractivity contribution is 7.09. The average molecular weight is 195 g/mol. The average Bonchev–Trinajstić information content (AvgIpc) is 2.72. The van der Waals surface area contributed by atoms with E-state index in [-0.39, 0.29) is 0 Å². The third kappa shape index (κ3) is 1.61. The van der Waals surface area contributed by atoms with E-state index < -0.39 is 6.10 Å². The molecule has 2 aromatic rings. The largest absolute Gasteiger partial charge is 0.381 e. The molecule has 0 bridgehead atoms. The van der Waals surface area contributed by atoms with Crippen molar-refractivity contribution in [1.29, 1.82) is 0 Å². The quantitative estimate of drug-likeness (QED) is 0.776. The molecular weight excluding hydrogens is 186 g/mol. The maximum absolute atomic E-state index is 9.79. The predicted molar refractivity (Wildman–Crippen MR) is 49.4 cm³/mol. The molecule has 0 spiro atoms. The first-order valence-corrected chi connectivity index (χ1v) is 4.71. The second kappa shape index (κ2) is 3.27. The van der Waals surface area contributed by atoms with E-state index in [1.807, 2.05) is 7.05 Å². The Morgan fingerprint density at radius 2 is 2.46 bits per heavy atom. The summed E-state index contributed by atoms with van der Waals surface area (Å²) in [6.07, 6.45) is 2.82. The molecule has 13 heavy (non-hydrogen) atoms. The van der Waals surface area contributed by atoms with Gasteiger partial charge in [-0.2, -0.15) is 5.10 Å². The predicted octanol–water partition coefficient (Wildman–Crippen LogP) is 0.958. The highest BCUT2D eigenvalue weighted by Gasteiger charge is 2.13. The van der Waals surface area contributed by atoms with Gasteiger partial charge in [0.2, 0.25) is 0 Å². The van der Waals surface area contributed by atoms with Crippen molar-refractivity contribution in [3.05, 3.63) is 34.5 Å². The van der Waals surface area contributed by atoms with Crippen molar-refractivity contribution in [2.45, 2.75) is 6.10 Å². The Morgan fingerprint density at radius 1 is 1.62 bits per heavy atom. The second-order valence-electron chi connectivity index (χ2n) is 2.72. The lowest BCUT2D eigenvalue weighted by Crippen LogP contribution is -1.99. The summed E-state index contributed by atoms with van der Waals surface area (Å²) in [4.78, 5) is 4.72. The minimum atomic E-state index is -0.645. The molecule has 2 rings (SSSR count). The summed E-state index contributed by atoms with van der Waals surface area (Å²) in [7, 11) is 1.82. The first kappa shape index (κ1) is 8.40. The lowest BCUT2D eigenvalue weighted by molar-refractivity contribution is 0.218. The molecule has 2 aromatic heterocycles. The van der Waals surface area contributed by atoms with Gasteiger partial charge in [0.25, 0.3) is 0 Å². The zero-order valence-electron chi connectivity index (χ0n) is 7.08. The smallest absolute Gasteiger partial charge is 0.133 e. The van der Waals surface area contributed by atoms with Gasteiger partial charge in [0, 0.05) is 19.4 Å². The zero-order chi connectivity index (χ0) is 9.26. The van der Waals surface area contributed by atoms with Crippen LogP contribution in [0, 0.1) is 0 Å². The number of aliphatic hydroxyl groups is 1. The number of rotatable bonds is 2. The molecule has 0 radical (unpaired) electrons. The van der Waals surface area contributed by atoms with Crippen LogP contribution in [0.3, 0.4) is 0 Å². The molecule has 1 N–H and O–H groups in total. The Bertz CT molecular complexity index is 382. The van der Waals surface area contributed by atoms with Crippen LogP contribution >= 0.6 is 11.3 Å². The minimum absolute atomic E-state index is 0.645. The summed E-state index contributed by atoms with van der Waals surface area (Å²) in [5, 5.41) is 13.9. The summed E-state index contributed by atoms with van der Waals surface area (Å²) >= 11 is 1.42. The van der Waals surface area contributed by atoms with E-state index in [2.05, 4.69) is 10.1 Å². The molecule has 0 aliphatic heterocycles. The van der Waals surface area contributed by atoms with Crippen LogP contribution in [0.2, 0.25) is 0 Å². The molecule has 4 nitrogen and oxygen atoms in total. The Balaban J connectivity index is 2.28. The van der Waals surface area contributed by atoms with E-state index >= 15 is 0 Å². The van der Waals surface area contributed by atoms with Gasteiger partial charge in [0.05, 0.1) is 16.1 Å². The number of nitrogens with zero attached hydrogens (tertiary/aromatic N) is 3. The first-order chi connectivity index (χ1) is 6.27. The van der Waals surface area contributed by atoms with E-state index in [1.54, 1.807) is 28.7 Å². The van der Waals surface area contributed by atoms with Gasteiger partial charge in [0.15, 0.2) is 0 Å². The normalized spacial score (nSPS) is 13.1. The molecular formula is C8H9N3OS. The zero-order valence-corrected chi connectivity index (χ0v) is 7.90. The van der Waals surface area contributed by atoms with Crippen LogP contribution < -0.4 is 0 Å². The van der Waals surface area contributed by atoms with Crippen LogP contribution in [-0.2, 0) is 7.05 Å². The number of aryl methyl sites for hydroxylation is 1. The Hall–Kier alpha value is -1.20. The fourth-order valence-corrected chi connectivity index (χ4v) is 1.70. The molecule has 0 saturated heterocycles. The molecule has 0 aromatic carbocycles. The van der Waals surface area contributed by atoms with Crippen LogP contribution in [-0.4, -0.2) is 19.9 Å². The fourth-order valence-electron chi connectivity index (χ4n) is 1.09. The lowest BCUT2D eigenvalue weighted by atomic mass is 10.2. The third-order valence-electron chi connectivity index (χ3n) is 1.74. The number of hydrogen-bond donors (Lipinski definition) is 1. The van der Waals surface area contributed by atoms with Crippen molar-refractivity contribution >= 4 is 11.3 Å². The lowest BCUT2D eigenvalue weighted by Gasteiger charge is -2.02. The molecule has 0 aliphatic rings. The highest BCUT2D eigenvalue weighted by atomic mass is 32.1. The van der Waals surface area contributed by atoms with Crippen LogP contribution in [0.4, 0.5) is 0 Å². The summed E-state index contributed by atoms with van der Waals surface area (Å²) in [6, 6.07) is 1.80. The summed E-state index contributed by atoms with van der Waals surface area (Å²) in [6.45, 7) is 0. The molecule has 1 unspecified atom stereocenters. The number of aliphatic hydroxyl groups excluding tert-OH is 1. The van der Waals surface area contributed by atoms with E-state index in [1.165, 1.54) is 11.3 Å². The Labute approximate surface area is 79.5 Å². The van der Waals surface area contributed by atoms with Crippen LogP contribution in [0.25, 0.3) is 0 Å². The molecule has 2 heterocycles. The van der Waals surface area contributed by atoms with E-state index in [0.29, 0.717) is 5.69 Å². The maximum Gasteiger partial charge on any atom is 0.133 e. The van der Waals surface area contributed by atoms with E-state index in [4.69, 9.17) is 0 Å². The van der Waals surface area contributed by atoms with Crippen molar-refractivity contribution in [2.24, 2.45) is 7.05 Å². The van der Waals surface area contributed by atoms with E-state index in [0.717, 1.165) is 4.88 Å². The molecule has 0 fully saturated rings. The topological polar surface area (TPSA) is 50.9 Å². The van der Waals surface area contributed by atoms with Crippen molar-refractivity contribution in [3.63, 3.8) is 0 Å². The van der Waals surface area contributed by atoms with Crippen LogP contribution in [0.1, 0.15) is 16.7 Å². The minimum Gasteiger partial charge on any atom is -0.381 e. The van der Waals surface area contributed by atoms with Gasteiger partial charge in [0.1, 0.15) is 6.10 Å². The van der Waals surface area contributed by atoms with Gasteiger partial charge in [-0.3, -0.25) is 9.67 Å². The highest BCUT2D eigenvalue weighted by Crippen LogP contribution is 2.22. The molecule has 0 aliphatic carbocycles. The van der Waals surface area contributed by atoms with Crippen molar-refractivity contribution in [1.82, 2.24) is 14.8 Å². The molecule has 1 atom stereocenters. The van der Waals surface area contributed by atoms with Crippen molar-refractivity contribution in [2.75, 3.05) is 0 Å². The molecule has 68 valence electrons.